The highest BCUT2D eigenvalue weighted by Gasteiger charge is 2.51. The zero-order valence-corrected chi connectivity index (χ0v) is 6.48. The summed E-state index contributed by atoms with van der Waals surface area (Å²) in [5, 5.41) is 0. The van der Waals surface area contributed by atoms with Crippen LogP contribution in [-0.4, -0.2) is 5.91 Å². The van der Waals surface area contributed by atoms with Crippen molar-refractivity contribution in [2.45, 2.75) is 26.7 Å². The molecule has 0 unspecified atom stereocenters. The van der Waals surface area contributed by atoms with Crippen LogP contribution in [0, 0.1) is 11.3 Å². The summed E-state index contributed by atoms with van der Waals surface area (Å²) in [5.74, 6) is 5.45. The molecule has 0 radical (unpaired) electrons. The number of hydrogen-bond acceptors (Lipinski definition) is 2. The largest absolute Gasteiger partial charge is 0.294 e. The summed E-state index contributed by atoms with van der Waals surface area (Å²) >= 11 is 0. The highest BCUT2D eigenvalue weighted by atomic mass is 16.2. The predicted octanol–water partition coefficient (Wildman–Crippen LogP) is 0.412. The molecule has 1 aliphatic carbocycles. The Morgan fingerprint density at radius 3 is 2.20 bits per heavy atom. The van der Waals surface area contributed by atoms with Gasteiger partial charge in [-0.3, -0.25) is 10.2 Å². The maximum absolute atomic E-state index is 11.1. The van der Waals surface area contributed by atoms with Gasteiger partial charge in [-0.25, -0.2) is 5.84 Å². The maximum Gasteiger partial charge on any atom is 0.240 e. The van der Waals surface area contributed by atoms with Crippen molar-refractivity contribution in [1.82, 2.24) is 5.43 Å². The molecule has 1 saturated carbocycles. The van der Waals surface area contributed by atoms with Crippen LogP contribution in [-0.2, 0) is 4.79 Å². The molecule has 10 heavy (non-hydrogen) atoms. The molecule has 0 aromatic rings. The van der Waals surface area contributed by atoms with Gasteiger partial charge in [0.25, 0.3) is 0 Å². The number of nitrogens with two attached hydrogens (primary N) is 1. The summed E-state index contributed by atoms with van der Waals surface area (Å²) < 4.78 is 0. The summed E-state index contributed by atoms with van der Waals surface area (Å²) in [6, 6.07) is 0. The second-order valence-electron chi connectivity index (χ2n) is 3.28. The lowest BCUT2D eigenvalue weighted by Gasteiger charge is -2.16. The Bertz CT molecular complexity index is 150. The quantitative estimate of drug-likeness (QED) is 0.333. The van der Waals surface area contributed by atoms with E-state index in [0.29, 0.717) is 5.92 Å². The Morgan fingerprint density at radius 2 is 2.10 bits per heavy atom. The Morgan fingerprint density at radius 1 is 1.60 bits per heavy atom. The van der Waals surface area contributed by atoms with E-state index in [0.717, 1.165) is 12.8 Å². The highest BCUT2D eigenvalue weighted by Crippen LogP contribution is 2.51. The van der Waals surface area contributed by atoms with Gasteiger partial charge in [0.15, 0.2) is 0 Å². The monoisotopic (exact) mass is 142 g/mol. The van der Waals surface area contributed by atoms with Gasteiger partial charge < -0.3 is 0 Å². The van der Waals surface area contributed by atoms with E-state index in [1.54, 1.807) is 0 Å². The summed E-state index contributed by atoms with van der Waals surface area (Å²) in [5.41, 5.74) is 2.09. The fourth-order valence-corrected chi connectivity index (χ4v) is 1.34. The molecule has 0 atom stereocenters. The third-order valence-electron chi connectivity index (χ3n) is 2.48. The zero-order valence-electron chi connectivity index (χ0n) is 6.48. The third-order valence-corrected chi connectivity index (χ3v) is 2.48. The summed E-state index contributed by atoms with van der Waals surface area (Å²) in [6.45, 7) is 4.12. The first kappa shape index (κ1) is 7.54. The number of amides is 1. The van der Waals surface area contributed by atoms with Gasteiger partial charge >= 0.3 is 0 Å². The van der Waals surface area contributed by atoms with E-state index >= 15 is 0 Å². The van der Waals surface area contributed by atoms with Crippen LogP contribution in [0.4, 0.5) is 0 Å². The van der Waals surface area contributed by atoms with Crippen LogP contribution in [0.15, 0.2) is 0 Å². The Hall–Kier alpha value is -0.570. The molecular weight excluding hydrogens is 128 g/mol. The molecule has 0 aromatic heterocycles. The van der Waals surface area contributed by atoms with Gasteiger partial charge in [0, 0.05) is 0 Å². The van der Waals surface area contributed by atoms with E-state index in [1.165, 1.54) is 0 Å². The highest BCUT2D eigenvalue weighted by molar-refractivity contribution is 5.84. The molecule has 3 heteroatoms. The molecule has 1 fully saturated rings. The fourth-order valence-electron chi connectivity index (χ4n) is 1.34. The Labute approximate surface area is 60.9 Å². The van der Waals surface area contributed by atoms with Crippen molar-refractivity contribution in [3.63, 3.8) is 0 Å². The fraction of sp³-hybridized carbons (Fsp3) is 0.857. The van der Waals surface area contributed by atoms with Gasteiger partial charge in [-0.2, -0.15) is 0 Å². The summed E-state index contributed by atoms with van der Waals surface area (Å²) in [7, 11) is 0. The first-order valence-electron chi connectivity index (χ1n) is 3.64. The molecule has 3 N–H and O–H groups in total. The van der Waals surface area contributed by atoms with Crippen molar-refractivity contribution in [3.05, 3.63) is 0 Å². The van der Waals surface area contributed by atoms with E-state index < -0.39 is 0 Å². The van der Waals surface area contributed by atoms with Crippen LogP contribution in [0.25, 0.3) is 0 Å². The molecule has 1 aliphatic rings. The van der Waals surface area contributed by atoms with Crippen molar-refractivity contribution in [3.8, 4) is 0 Å². The Kier molecular flexibility index (Phi) is 1.68. The second kappa shape index (κ2) is 2.23. The Balaban J connectivity index is 2.60. The minimum Gasteiger partial charge on any atom is -0.294 e. The molecule has 0 bridgehead atoms. The van der Waals surface area contributed by atoms with Crippen molar-refractivity contribution in [2.24, 2.45) is 17.2 Å². The number of hydrazine groups is 1. The molecule has 0 heterocycles. The first-order chi connectivity index (χ1) is 4.63. The molecule has 58 valence electrons. The van der Waals surface area contributed by atoms with E-state index in [-0.39, 0.29) is 11.3 Å². The third kappa shape index (κ3) is 0.904. The van der Waals surface area contributed by atoms with Gasteiger partial charge in [-0.05, 0) is 18.8 Å². The number of carbonyl (C=O) groups excluding carboxylic acids is 1. The smallest absolute Gasteiger partial charge is 0.240 e. The summed E-state index contributed by atoms with van der Waals surface area (Å²) in [6.07, 6.45) is 1.99. The van der Waals surface area contributed by atoms with E-state index in [9.17, 15) is 4.79 Å². The van der Waals surface area contributed by atoms with Crippen LogP contribution >= 0.6 is 0 Å². The summed E-state index contributed by atoms with van der Waals surface area (Å²) in [4.78, 5) is 11.1. The van der Waals surface area contributed by atoms with Crippen molar-refractivity contribution in [1.29, 1.82) is 0 Å². The number of hydrogen-bond donors (Lipinski definition) is 2. The maximum atomic E-state index is 11.1. The van der Waals surface area contributed by atoms with Crippen molar-refractivity contribution in [2.75, 3.05) is 0 Å². The van der Waals surface area contributed by atoms with Gasteiger partial charge in [-0.1, -0.05) is 13.8 Å². The van der Waals surface area contributed by atoms with E-state index in [4.69, 9.17) is 5.84 Å². The molecule has 0 saturated heterocycles. The van der Waals surface area contributed by atoms with Gasteiger partial charge in [-0.15, -0.1) is 0 Å². The molecule has 3 nitrogen and oxygen atoms in total. The van der Waals surface area contributed by atoms with Gasteiger partial charge in [0.05, 0.1) is 5.41 Å². The number of nitrogens with one attached hydrogen (secondary N) is 1. The lowest BCUT2D eigenvalue weighted by Crippen LogP contribution is -2.39. The van der Waals surface area contributed by atoms with Crippen LogP contribution in [0.1, 0.15) is 26.7 Å². The van der Waals surface area contributed by atoms with Crippen molar-refractivity contribution >= 4 is 5.91 Å². The SMILES string of the molecule is CC(C)C1(C(=O)NN)CC1. The number of carbonyl (C=O) groups is 1. The van der Waals surface area contributed by atoms with Gasteiger partial charge in [0.1, 0.15) is 0 Å². The van der Waals surface area contributed by atoms with Crippen LogP contribution < -0.4 is 11.3 Å². The van der Waals surface area contributed by atoms with Crippen LogP contribution in [0.3, 0.4) is 0 Å². The molecule has 0 aliphatic heterocycles. The minimum absolute atomic E-state index is 0.00231. The standard InChI is InChI=1S/C7H14N2O/c1-5(2)7(3-4-7)6(10)9-8/h5H,3-4,8H2,1-2H3,(H,9,10). The van der Waals surface area contributed by atoms with Gasteiger partial charge in [0.2, 0.25) is 5.91 Å². The van der Waals surface area contributed by atoms with Crippen LogP contribution in [0.2, 0.25) is 0 Å². The number of rotatable bonds is 2. The zero-order chi connectivity index (χ0) is 7.78. The molecule has 0 aromatic carbocycles. The minimum atomic E-state index is -0.116. The lowest BCUT2D eigenvalue weighted by molar-refractivity contribution is -0.127. The lowest BCUT2D eigenvalue weighted by atomic mass is 9.92. The van der Waals surface area contributed by atoms with Crippen LogP contribution in [0.5, 0.6) is 0 Å². The average Bonchev–Trinajstić information content (AvgIpc) is 2.65. The normalized spacial score (nSPS) is 20.8. The molecule has 1 amide bonds. The molecular formula is C7H14N2O. The average molecular weight is 142 g/mol. The topological polar surface area (TPSA) is 55.1 Å². The predicted molar refractivity (Wildman–Crippen MR) is 38.8 cm³/mol. The second-order valence-corrected chi connectivity index (χ2v) is 3.28. The van der Waals surface area contributed by atoms with Crippen molar-refractivity contribution < 1.29 is 4.79 Å². The molecule has 0 spiro atoms. The first-order valence-corrected chi connectivity index (χ1v) is 3.64. The molecule has 1 rings (SSSR count). The van der Waals surface area contributed by atoms with E-state index in [1.807, 2.05) is 0 Å². The van der Waals surface area contributed by atoms with E-state index in [2.05, 4.69) is 19.3 Å².